The summed E-state index contributed by atoms with van der Waals surface area (Å²) in [4.78, 5) is 19.1. The zero-order valence-electron chi connectivity index (χ0n) is 15.2. The van der Waals surface area contributed by atoms with E-state index in [1.807, 2.05) is 51.1 Å². The Balaban J connectivity index is 1.62. The summed E-state index contributed by atoms with van der Waals surface area (Å²) in [5, 5.41) is 10.5. The average molecular weight is 341 g/mol. The van der Waals surface area contributed by atoms with Crippen LogP contribution in [-0.2, 0) is 4.79 Å². The van der Waals surface area contributed by atoms with Gasteiger partial charge in [-0.3, -0.25) is 14.8 Å². The standard InChI is InChI=1S/C19H27N5O/c1-19(2,3)21-16(25)13-24-11-7-10-15(12-24)18-20-17(22-23-18)14-8-5-4-6-9-14/h4-6,8-9,15H,7,10-13H2,1-3H3,(H,21,25)(H,20,22,23)/t15-/m0/s1. The summed E-state index contributed by atoms with van der Waals surface area (Å²) >= 11 is 0. The number of carbonyl (C=O) groups is 1. The molecule has 0 unspecified atom stereocenters. The summed E-state index contributed by atoms with van der Waals surface area (Å²) < 4.78 is 0. The Morgan fingerprint density at radius 1 is 1.32 bits per heavy atom. The topological polar surface area (TPSA) is 73.9 Å². The molecular weight excluding hydrogens is 314 g/mol. The quantitative estimate of drug-likeness (QED) is 0.896. The van der Waals surface area contributed by atoms with Gasteiger partial charge in [-0.15, -0.1) is 0 Å². The molecule has 1 aromatic heterocycles. The van der Waals surface area contributed by atoms with Gasteiger partial charge in [0.2, 0.25) is 5.91 Å². The number of piperidine rings is 1. The first kappa shape index (κ1) is 17.6. The van der Waals surface area contributed by atoms with Crippen molar-refractivity contribution >= 4 is 5.91 Å². The van der Waals surface area contributed by atoms with Gasteiger partial charge in [0.05, 0.1) is 6.54 Å². The molecule has 0 spiro atoms. The Kier molecular flexibility index (Phi) is 5.18. The van der Waals surface area contributed by atoms with Gasteiger partial charge < -0.3 is 5.32 Å². The van der Waals surface area contributed by atoms with E-state index in [-0.39, 0.29) is 11.4 Å². The molecule has 3 rings (SSSR count). The molecule has 134 valence electrons. The predicted molar refractivity (Wildman–Crippen MR) is 98.1 cm³/mol. The molecule has 6 nitrogen and oxygen atoms in total. The minimum absolute atomic E-state index is 0.0793. The third-order valence-electron chi connectivity index (χ3n) is 4.31. The Morgan fingerprint density at radius 2 is 2.08 bits per heavy atom. The van der Waals surface area contributed by atoms with Crippen molar-refractivity contribution in [1.82, 2.24) is 25.4 Å². The number of carbonyl (C=O) groups excluding carboxylic acids is 1. The average Bonchev–Trinajstić information content (AvgIpc) is 3.04. The Bertz CT molecular complexity index is 704. The highest BCUT2D eigenvalue weighted by Gasteiger charge is 2.26. The van der Waals surface area contributed by atoms with Crippen LogP contribution in [0.4, 0.5) is 0 Å². The number of rotatable bonds is 4. The molecule has 1 aromatic carbocycles. The largest absolute Gasteiger partial charge is 0.350 e. The number of likely N-dealkylation sites (tertiary alicyclic amines) is 1. The van der Waals surface area contributed by atoms with E-state index in [9.17, 15) is 4.79 Å². The number of nitrogens with one attached hydrogen (secondary N) is 2. The third-order valence-corrected chi connectivity index (χ3v) is 4.31. The second-order valence-electron chi connectivity index (χ2n) is 7.78. The maximum absolute atomic E-state index is 12.2. The molecule has 1 saturated heterocycles. The van der Waals surface area contributed by atoms with Crippen LogP contribution in [0.5, 0.6) is 0 Å². The lowest BCUT2D eigenvalue weighted by atomic mass is 9.97. The lowest BCUT2D eigenvalue weighted by molar-refractivity contribution is -0.123. The number of nitrogens with zero attached hydrogens (tertiary/aromatic N) is 3. The van der Waals surface area contributed by atoms with Gasteiger partial charge in [0.25, 0.3) is 0 Å². The van der Waals surface area contributed by atoms with Crippen LogP contribution in [-0.4, -0.2) is 51.2 Å². The second kappa shape index (κ2) is 7.35. The number of benzene rings is 1. The molecule has 1 amide bonds. The fourth-order valence-electron chi connectivity index (χ4n) is 3.26. The van der Waals surface area contributed by atoms with E-state index in [0.29, 0.717) is 12.5 Å². The lowest BCUT2D eigenvalue weighted by Crippen LogP contribution is -2.47. The molecule has 2 heterocycles. The third kappa shape index (κ3) is 4.89. The number of hydrogen-bond donors (Lipinski definition) is 2. The molecule has 2 N–H and O–H groups in total. The van der Waals surface area contributed by atoms with Gasteiger partial charge in [0.15, 0.2) is 5.82 Å². The molecule has 1 aliphatic rings. The Hall–Kier alpha value is -2.21. The molecule has 0 saturated carbocycles. The SMILES string of the molecule is CC(C)(C)NC(=O)CN1CCC[C@H](c2nc(-c3ccccc3)n[nH]2)C1. The number of aromatic amines is 1. The zero-order valence-corrected chi connectivity index (χ0v) is 15.2. The molecule has 0 radical (unpaired) electrons. The van der Waals surface area contributed by atoms with Crippen molar-refractivity contribution in [2.24, 2.45) is 0 Å². The molecule has 1 fully saturated rings. The monoisotopic (exact) mass is 341 g/mol. The number of aromatic nitrogens is 3. The van der Waals surface area contributed by atoms with Crippen molar-refractivity contribution in [3.8, 4) is 11.4 Å². The summed E-state index contributed by atoms with van der Waals surface area (Å²) in [6, 6.07) is 9.98. The van der Waals surface area contributed by atoms with E-state index >= 15 is 0 Å². The van der Waals surface area contributed by atoms with Crippen LogP contribution in [0, 0.1) is 0 Å². The second-order valence-corrected chi connectivity index (χ2v) is 7.78. The minimum atomic E-state index is -0.193. The molecule has 2 aromatic rings. The highest BCUT2D eigenvalue weighted by atomic mass is 16.2. The summed E-state index contributed by atoms with van der Waals surface area (Å²) in [6.45, 7) is 8.23. The first-order valence-electron chi connectivity index (χ1n) is 8.92. The van der Waals surface area contributed by atoms with Crippen LogP contribution in [0.15, 0.2) is 30.3 Å². The van der Waals surface area contributed by atoms with Gasteiger partial charge in [-0.2, -0.15) is 5.10 Å². The molecule has 6 heteroatoms. The number of H-pyrrole nitrogens is 1. The summed E-state index contributed by atoms with van der Waals surface area (Å²) in [6.07, 6.45) is 2.13. The molecule has 0 bridgehead atoms. The molecular formula is C19H27N5O. The zero-order chi connectivity index (χ0) is 17.9. The first-order chi connectivity index (χ1) is 11.9. The van der Waals surface area contributed by atoms with Crippen LogP contribution in [0.25, 0.3) is 11.4 Å². The van der Waals surface area contributed by atoms with E-state index in [4.69, 9.17) is 0 Å². The van der Waals surface area contributed by atoms with Gasteiger partial charge in [-0.25, -0.2) is 4.98 Å². The normalized spacial score (nSPS) is 18.9. The van der Waals surface area contributed by atoms with E-state index < -0.39 is 0 Å². The minimum Gasteiger partial charge on any atom is -0.350 e. The van der Waals surface area contributed by atoms with Crippen LogP contribution in [0.1, 0.15) is 45.4 Å². The van der Waals surface area contributed by atoms with Gasteiger partial charge in [-0.1, -0.05) is 30.3 Å². The Morgan fingerprint density at radius 3 is 2.80 bits per heavy atom. The highest BCUT2D eigenvalue weighted by molar-refractivity contribution is 5.78. The van der Waals surface area contributed by atoms with E-state index in [1.165, 1.54) is 0 Å². The first-order valence-corrected chi connectivity index (χ1v) is 8.92. The molecule has 1 atom stereocenters. The van der Waals surface area contributed by atoms with Crippen molar-refractivity contribution in [3.05, 3.63) is 36.2 Å². The lowest BCUT2D eigenvalue weighted by Gasteiger charge is -2.32. The van der Waals surface area contributed by atoms with Crippen molar-refractivity contribution in [2.75, 3.05) is 19.6 Å². The smallest absolute Gasteiger partial charge is 0.234 e. The van der Waals surface area contributed by atoms with Crippen molar-refractivity contribution in [3.63, 3.8) is 0 Å². The van der Waals surface area contributed by atoms with E-state index in [1.54, 1.807) is 0 Å². The number of amides is 1. The van der Waals surface area contributed by atoms with Gasteiger partial charge in [0, 0.05) is 23.6 Å². The van der Waals surface area contributed by atoms with Crippen LogP contribution < -0.4 is 5.32 Å². The summed E-state index contributed by atoms with van der Waals surface area (Å²) in [7, 11) is 0. The Labute approximate surface area is 149 Å². The highest BCUT2D eigenvalue weighted by Crippen LogP contribution is 2.25. The summed E-state index contributed by atoms with van der Waals surface area (Å²) in [5.41, 5.74) is 0.823. The van der Waals surface area contributed by atoms with Gasteiger partial charge >= 0.3 is 0 Å². The summed E-state index contributed by atoms with van der Waals surface area (Å²) in [5.74, 6) is 2.02. The van der Waals surface area contributed by atoms with Gasteiger partial charge in [0.1, 0.15) is 5.82 Å². The predicted octanol–water partition coefficient (Wildman–Crippen LogP) is 2.57. The maximum Gasteiger partial charge on any atom is 0.234 e. The van der Waals surface area contributed by atoms with Crippen LogP contribution in [0.2, 0.25) is 0 Å². The van der Waals surface area contributed by atoms with Crippen molar-refractivity contribution < 1.29 is 4.79 Å². The van der Waals surface area contributed by atoms with Gasteiger partial charge in [-0.05, 0) is 40.2 Å². The fraction of sp³-hybridized carbons (Fsp3) is 0.526. The van der Waals surface area contributed by atoms with E-state index in [0.717, 1.165) is 43.1 Å². The molecule has 1 aliphatic heterocycles. The fourth-order valence-corrected chi connectivity index (χ4v) is 3.26. The molecule has 25 heavy (non-hydrogen) atoms. The van der Waals surface area contributed by atoms with Crippen molar-refractivity contribution in [2.45, 2.75) is 45.1 Å². The van der Waals surface area contributed by atoms with Crippen LogP contribution >= 0.6 is 0 Å². The maximum atomic E-state index is 12.2. The van der Waals surface area contributed by atoms with E-state index in [2.05, 4.69) is 25.4 Å². The van der Waals surface area contributed by atoms with Crippen molar-refractivity contribution in [1.29, 1.82) is 0 Å². The molecule has 0 aliphatic carbocycles. The number of hydrogen-bond acceptors (Lipinski definition) is 4. The van der Waals surface area contributed by atoms with Crippen LogP contribution in [0.3, 0.4) is 0 Å².